The van der Waals surface area contributed by atoms with E-state index in [1.54, 1.807) is 19.4 Å². The number of hydrogen-bond acceptors (Lipinski definition) is 9. The number of piperazine rings is 1. The predicted molar refractivity (Wildman–Crippen MR) is 140 cm³/mol. The van der Waals surface area contributed by atoms with E-state index in [1.165, 1.54) is 11.3 Å². The van der Waals surface area contributed by atoms with E-state index < -0.39 is 0 Å². The highest BCUT2D eigenvalue weighted by Crippen LogP contribution is 2.26. The van der Waals surface area contributed by atoms with Crippen LogP contribution in [0.15, 0.2) is 47.7 Å². The zero-order valence-electron chi connectivity index (χ0n) is 20.0. The number of likely N-dealkylation sites (N-methyl/N-ethyl adjacent to an activating group) is 1. The van der Waals surface area contributed by atoms with E-state index in [-0.39, 0.29) is 5.91 Å². The SMILES string of the molecule is C=C(N=C/C=C(\N)c1sc(NC(=O)CCN2CCN(C)CC2)nc1C)Nc1ccc(OC)cc1. The van der Waals surface area contributed by atoms with Crippen molar-refractivity contribution in [1.82, 2.24) is 14.8 Å². The average Bonchev–Trinajstić information content (AvgIpc) is 3.19. The quantitative estimate of drug-likeness (QED) is 0.446. The zero-order valence-corrected chi connectivity index (χ0v) is 20.8. The Morgan fingerprint density at radius 1 is 1.26 bits per heavy atom. The average molecular weight is 484 g/mol. The first-order chi connectivity index (χ1) is 16.3. The molecule has 1 fully saturated rings. The lowest BCUT2D eigenvalue weighted by molar-refractivity contribution is -0.116. The number of benzene rings is 1. The van der Waals surface area contributed by atoms with Crippen molar-refractivity contribution in [3.05, 3.63) is 53.3 Å². The molecule has 2 aromatic rings. The van der Waals surface area contributed by atoms with Crippen LogP contribution in [0, 0.1) is 6.92 Å². The minimum atomic E-state index is -0.0377. The summed E-state index contributed by atoms with van der Waals surface area (Å²) in [6, 6.07) is 7.47. The number of ether oxygens (including phenoxy) is 1. The van der Waals surface area contributed by atoms with E-state index in [4.69, 9.17) is 10.5 Å². The monoisotopic (exact) mass is 483 g/mol. The number of methoxy groups -OCH3 is 1. The topological polar surface area (TPSA) is 108 Å². The van der Waals surface area contributed by atoms with Crippen molar-refractivity contribution in [3.63, 3.8) is 0 Å². The summed E-state index contributed by atoms with van der Waals surface area (Å²) < 4.78 is 5.15. The molecule has 2 heterocycles. The van der Waals surface area contributed by atoms with Crippen molar-refractivity contribution in [2.75, 3.05) is 57.5 Å². The Morgan fingerprint density at radius 2 is 1.97 bits per heavy atom. The van der Waals surface area contributed by atoms with Gasteiger partial charge in [-0.2, -0.15) is 0 Å². The lowest BCUT2D eigenvalue weighted by Gasteiger charge is -2.32. The summed E-state index contributed by atoms with van der Waals surface area (Å²) in [5, 5.41) is 6.55. The zero-order chi connectivity index (χ0) is 24.5. The number of carbonyl (C=O) groups excluding carboxylic acids is 1. The first-order valence-electron chi connectivity index (χ1n) is 11.1. The number of aromatic nitrogens is 1. The molecule has 1 aromatic heterocycles. The van der Waals surface area contributed by atoms with Gasteiger partial charge in [0.05, 0.1) is 23.4 Å². The van der Waals surface area contributed by atoms with Crippen LogP contribution in [-0.2, 0) is 4.79 Å². The van der Waals surface area contributed by atoms with Gasteiger partial charge in [0, 0.05) is 51.0 Å². The van der Waals surface area contributed by atoms with Crippen LogP contribution < -0.4 is 21.1 Å². The molecule has 1 aliphatic rings. The first-order valence-corrected chi connectivity index (χ1v) is 11.9. The number of anilines is 2. The van der Waals surface area contributed by atoms with Gasteiger partial charge < -0.3 is 30.9 Å². The van der Waals surface area contributed by atoms with E-state index in [0.717, 1.165) is 54.7 Å². The molecule has 1 aromatic carbocycles. The fourth-order valence-corrected chi connectivity index (χ4v) is 4.31. The number of nitrogens with one attached hydrogen (secondary N) is 2. The number of aryl methyl sites for hydroxylation is 1. The summed E-state index contributed by atoms with van der Waals surface area (Å²) >= 11 is 1.35. The Bertz CT molecular complexity index is 1040. The third kappa shape index (κ3) is 7.68. The van der Waals surface area contributed by atoms with Crippen LogP contribution in [0.1, 0.15) is 17.0 Å². The Morgan fingerprint density at radius 3 is 2.65 bits per heavy atom. The molecule has 34 heavy (non-hydrogen) atoms. The summed E-state index contributed by atoms with van der Waals surface area (Å²) in [7, 11) is 3.74. The number of allylic oxidation sites excluding steroid dienone is 1. The van der Waals surface area contributed by atoms with E-state index in [9.17, 15) is 4.79 Å². The highest BCUT2D eigenvalue weighted by molar-refractivity contribution is 7.16. The second-order valence-corrected chi connectivity index (χ2v) is 9.08. The minimum Gasteiger partial charge on any atom is -0.497 e. The van der Waals surface area contributed by atoms with Crippen molar-refractivity contribution in [1.29, 1.82) is 0 Å². The number of carbonyl (C=O) groups is 1. The van der Waals surface area contributed by atoms with Crippen molar-refractivity contribution >= 4 is 40.0 Å². The fraction of sp³-hybridized carbons (Fsp3) is 0.375. The molecule has 1 saturated heterocycles. The molecule has 0 atom stereocenters. The van der Waals surface area contributed by atoms with Gasteiger partial charge in [0.2, 0.25) is 5.91 Å². The number of nitrogens with zero attached hydrogens (tertiary/aromatic N) is 4. The van der Waals surface area contributed by atoms with Crippen LogP contribution in [0.4, 0.5) is 10.8 Å². The third-order valence-corrected chi connectivity index (χ3v) is 6.54. The van der Waals surface area contributed by atoms with Crippen LogP contribution >= 0.6 is 11.3 Å². The van der Waals surface area contributed by atoms with Crippen LogP contribution in [0.25, 0.3) is 5.70 Å². The number of nitrogens with two attached hydrogens (primary N) is 1. The molecular weight excluding hydrogens is 450 g/mol. The maximum absolute atomic E-state index is 12.4. The van der Waals surface area contributed by atoms with E-state index in [0.29, 0.717) is 23.1 Å². The van der Waals surface area contributed by atoms with Gasteiger partial charge >= 0.3 is 0 Å². The maximum Gasteiger partial charge on any atom is 0.227 e. The molecule has 0 spiro atoms. The molecule has 10 heteroatoms. The standard InChI is InChI=1S/C24H33N7O2S/c1-17-23(21(25)9-11-26-18(2)28-19-5-7-20(33-4)8-6-19)34-24(27-17)29-22(32)10-12-31-15-13-30(3)14-16-31/h5-9,11,28H,2,10,12-16,25H2,1,3-4H3,(H,27,29,32)/b21-9-,26-11?. The molecule has 0 saturated carbocycles. The predicted octanol–water partition coefficient (Wildman–Crippen LogP) is 2.99. The fourth-order valence-electron chi connectivity index (χ4n) is 3.39. The molecule has 1 aliphatic heterocycles. The molecule has 3 rings (SSSR count). The van der Waals surface area contributed by atoms with Crippen LogP contribution in [0.2, 0.25) is 0 Å². The van der Waals surface area contributed by atoms with Gasteiger partial charge in [0.1, 0.15) is 11.6 Å². The summed E-state index contributed by atoms with van der Waals surface area (Å²) in [5.74, 6) is 1.22. The number of amides is 1. The van der Waals surface area contributed by atoms with Crippen molar-refractivity contribution < 1.29 is 9.53 Å². The molecular formula is C24H33N7O2S. The van der Waals surface area contributed by atoms with Gasteiger partial charge in [-0.1, -0.05) is 17.9 Å². The van der Waals surface area contributed by atoms with E-state index in [1.807, 2.05) is 31.2 Å². The molecule has 0 radical (unpaired) electrons. The Balaban J connectivity index is 1.49. The van der Waals surface area contributed by atoms with Gasteiger partial charge in [-0.15, -0.1) is 0 Å². The van der Waals surface area contributed by atoms with Gasteiger partial charge in [-0.3, -0.25) is 4.79 Å². The smallest absolute Gasteiger partial charge is 0.227 e. The first kappa shape index (κ1) is 25.4. The molecule has 182 valence electrons. The van der Waals surface area contributed by atoms with Crippen molar-refractivity contribution in [3.8, 4) is 5.75 Å². The second-order valence-electron chi connectivity index (χ2n) is 8.08. The highest BCUT2D eigenvalue weighted by atomic mass is 32.1. The normalized spacial score (nSPS) is 15.4. The summed E-state index contributed by atoms with van der Waals surface area (Å²) in [6.45, 7) is 10.6. The number of thiazole rings is 1. The van der Waals surface area contributed by atoms with Crippen LogP contribution in [0.5, 0.6) is 5.75 Å². The largest absolute Gasteiger partial charge is 0.497 e. The van der Waals surface area contributed by atoms with Gasteiger partial charge in [-0.25, -0.2) is 9.98 Å². The highest BCUT2D eigenvalue weighted by Gasteiger charge is 2.16. The summed E-state index contributed by atoms with van der Waals surface area (Å²) in [5.41, 5.74) is 8.37. The number of rotatable bonds is 10. The van der Waals surface area contributed by atoms with E-state index in [2.05, 4.69) is 44.0 Å². The lowest BCUT2D eigenvalue weighted by Crippen LogP contribution is -2.45. The molecule has 0 bridgehead atoms. The van der Waals surface area contributed by atoms with E-state index >= 15 is 0 Å². The van der Waals surface area contributed by atoms with Crippen LogP contribution in [0.3, 0.4) is 0 Å². The summed E-state index contributed by atoms with van der Waals surface area (Å²) in [6.07, 6.45) is 3.72. The molecule has 0 aliphatic carbocycles. The van der Waals surface area contributed by atoms with Gasteiger partial charge in [0.15, 0.2) is 5.13 Å². The molecule has 1 amide bonds. The Hall–Kier alpha value is -3.21. The number of aliphatic imine (C=N–C) groups is 1. The second kappa shape index (κ2) is 12.3. The molecule has 9 nitrogen and oxygen atoms in total. The molecule has 0 unspecified atom stereocenters. The minimum absolute atomic E-state index is 0.0377. The molecule has 4 N–H and O–H groups in total. The van der Waals surface area contributed by atoms with Gasteiger partial charge in [-0.05, 0) is 44.3 Å². The Kier molecular flexibility index (Phi) is 9.20. The maximum atomic E-state index is 12.4. The lowest BCUT2D eigenvalue weighted by atomic mass is 10.3. The van der Waals surface area contributed by atoms with Gasteiger partial charge in [0.25, 0.3) is 0 Å². The number of hydrogen-bond donors (Lipinski definition) is 3. The summed E-state index contributed by atoms with van der Waals surface area (Å²) in [4.78, 5) is 26.5. The van der Waals surface area contributed by atoms with Crippen LogP contribution in [-0.4, -0.2) is 73.8 Å². The third-order valence-electron chi connectivity index (χ3n) is 5.42. The Labute approximate surface area is 205 Å². The van der Waals surface area contributed by atoms with Crippen molar-refractivity contribution in [2.24, 2.45) is 10.7 Å². The van der Waals surface area contributed by atoms with Crippen molar-refractivity contribution in [2.45, 2.75) is 13.3 Å².